The first-order valence-electron chi connectivity index (χ1n) is 7.03. The molecule has 0 fully saturated rings. The average Bonchev–Trinajstić information content (AvgIpc) is 2.48. The molecule has 0 saturated heterocycles. The Labute approximate surface area is 124 Å². The fraction of sp³-hybridized carbons (Fsp3) is 0.438. The van der Waals surface area contributed by atoms with Gasteiger partial charge in [-0.1, -0.05) is 11.1 Å². The van der Waals surface area contributed by atoms with Gasteiger partial charge in [0.25, 0.3) is 0 Å². The summed E-state index contributed by atoms with van der Waals surface area (Å²) >= 11 is 0. The van der Waals surface area contributed by atoms with Crippen molar-refractivity contribution < 1.29 is 14.7 Å². The molecule has 21 heavy (non-hydrogen) atoms. The van der Waals surface area contributed by atoms with Crippen molar-refractivity contribution in [2.75, 3.05) is 0 Å². The van der Waals surface area contributed by atoms with E-state index in [0.717, 1.165) is 16.7 Å². The average molecular weight is 288 g/mol. The highest BCUT2D eigenvalue weighted by Crippen LogP contribution is 2.34. The molecule has 1 aromatic rings. The van der Waals surface area contributed by atoms with Gasteiger partial charge in [-0.2, -0.15) is 0 Å². The Morgan fingerprint density at radius 2 is 1.76 bits per heavy atom. The zero-order valence-corrected chi connectivity index (χ0v) is 12.3. The van der Waals surface area contributed by atoms with Crippen molar-refractivity contribution in [2.24, 2.45) is 11.8 Å². The molecule has 1 aliphatic rings. The van der Waals surface area contributed by atoms with Crippen LogP contribution in [0.15, 0.2) is 35.7 Å². The molecule has 2 N–H and O–H groups in total. The third kappa shape index (κ3) is 3.68. The number of hydrogen-bond acceptors (Lipinski definition) is 3. The molecular weight excluding hydrogens is 268 g/mol. The van der Waals surface area contributed by atoms with Crippen molar-refractivity contribution in [3.8, 4) is 0 Å². The number of carboxylic acids is 1. The van der Waals surface area contributed by atoms with Gasteiger partial charge in [-0.25, -0.2) is 0 Å². The van der Waals surface area contributed by atoms with Gasteiger partial charge >= 0.3 is 5.97 Å². The van der Waals surface area contributed by atoms with Crippen LogP contribution in [0.1, 0.15) is 32.3 Å². The van der Waals surface area contributed by atoms with E-state index in [0.29, 0.717) is 19.4 Å². The fourth-order valence-electron chi connectivity index (χ4n) is 2.65. The molecule has 0 aliphatic heterocycles. The van der Waals surface area contributed by atoms with Crippen LogP contribution in [0.3, 0.4) is 0 Å². The third-order valence-electron chi connectivity index (χ3n) is 4.14. The van der Waals surface area contributed by atoms with Gasteiger partial charge in [0.2, 0.25) is 5.91 Å². The number of nitrogens with zero attached hydrogens (tertiary/aromatic N) is 1. The molecular formula is C16H20N2O3. The highest BCUT2D eigenvalue weighted by Gasteiger charge is 2.37. The maximum atomic E-state index is 12.3. The SMILES string of the molecule is CC1=C(C)C[C@H](C(=O)NCc2ccncc2)[C@@H](C(=O)O)C1. The molecule has 1 amide bonds. The number of aromatic nitrogens is 1. The zero-order valence-electron chi connectivity index (χ0n) is 12.3. The molecule has 1 aliphatic carbocycles. The van der Waals surface area contributed by atoms with Crippen molar-refractivity contribution in [3.63, 3.8) is 0 Å². The molecule has 2 atom stereocenters. The number of amides is 1. The lowest BCUT2D eigenvalue weighted by molar-refractivity contribution is -0.147. The Kier molecular flexibility index (Phi) is 4.73. The van der Waals surface area contributed by atoms with Gasteiger partial charge in [-0.15, -0.1) is 0 Å². The molecule has 0 spiro atoms. The fourth-order valence-corrected chi connectivity index (χ4v) is 2.65. The minimum Gasteiger partial charge on any atom is -0.481 e. The van der Waals surface area contributed by atoms with Gasteiger partial charge < -0.3 is 10.4 Å². The van der Waals surface area contributed by atoms with Crippen molar-refractivity contribution >= 4 is 11.9 Å². The third-order valence-corrected chi connectivity index (χ3v) is 4.14. The topological polar surface area (TPSA) is 79.3 Å². The van der Waals surface area contributed by atoms with E-state index in [2.05, 4.69) is 10.3 Å². The predicted molar refractivity (Wildman–Crippen MR) is 78.3 cm³/mol. The van der Waals surface area contributed by atoms with Crippen LogP contribution in [0, 0.1) is 11.8 Å². The minimum absolute atomic E-state index is 0.189. The quantitative estimate of drug-likeness (QED) is 0.832. The zero-order chi connectivity index (χ0) is 15.4. The summed E-state index contributed by atoms with van der Waals surface area (Å²) < 4.78 is 0. The second-order valence-electron chi connectivity index (χ2n) is 5.59. The van der Waals surface area contributed by atoms with Crippen LogP contribution in [0.5, 0.6) is 0 Å². The van der Waals surface area contributed by atoms with E-state index in [1.165, 1.54) is 0 Å². The number of allylic oxidation sites excluding steroid dienone is 2. The summed E-state index contributed by atoms with van der Waals surface area (Å²) in [4.78, 5) is 27.6. The number of hydrogen-bond donors (Lipinski definition) is 2. The second kappa shape index (κ2) is 6.52. The molecule has 112 valence electrons. The number of carbonyl (C=O) groups excluding carboxylic acids is 1. The molecule has 0 unspecified atom stereocenters. The van der Waals surface area contributed by atoms with Crippen molar-refractivity contribution in [1.82, 2.24) is 10.3 Å². The lowest BCUT2D eigenvalue weighted by Crippen LogP contribution is -2.39. The smallest absolute Gasteiger partial charge is 0.307 e. The van der Waals surface area contributed by atoms with E-state index in [9.17, 15) is 14.7 Å². The largest absolute Gasteiger partial charge is 0.481 e. The maximum absolute atomic E-state index is 12.3. The number of carboxylic acid groups (broad SMARTS) is 1. The molecule has 5 nitrogen and oxygen atoms in total. The molecule has 1 heterocycles. The summed E-state index contributed by atoms with van der Waals surface area (Å²) in [5.41, 5.74) is 3.15. The van der Waals surface area contributed by atoms with E-state index >= 15 is 0 Å². The minimum atomic E-state index is -0.897. The van der Waals surface area contributed by atoms with E-state index in [1.54, 1.807) is 12.4 Å². The maximum Gasteiger partial charge on any atom is 0.307 e. The van der Waals surface area contributed by atoms with Crippen LogP contribution in [0.4, 0.5) is 0 Å². The Bertz CT molecular complexity index is 566. The number of nitrogens with one attached hydrogen (secondary N) is 1. The van der Waals surface area contributed by atoms with Gasteiger partial charge in [0.05, 0.1) is 11.8 Å². The highest BCUT2D eigenvalue weighted by molar-refractivity contribution is 5.85. The van der Waals surface area contributed by atoms with Crippen LogP contribution < -0.4 is 5.32 Å². The number of carbonyl (C=O) groups is 2. The van der Waals surface area contributed by atoms with Gasteiger partial charge in [-0.05, 0) is 44.4 Å². The van der Waals surface area contributed by atoms with Crippen LogP contribution in [0.25, 0.3) is 0 Å². The molecule has 2 rings (SSSR count). The van der Waals surface area contributed by atoms with Crippen molar-refractivity contribution in [2.45, 2.75) is 33.2 Å². The monoisotopic (exact) mass is 288 g/mol. The van der Waals surface area contributed by atoms with E-state index in [-0.39, 0.29) is 5.91 Å². The lowest BCUT2D eigenvalue weighted by atomic mass is 9.76. The van der Waals surface area contributed by atoms with Gasteiger partial charge in [0.1, 0.15) is 0 Å². The molecule has 0 aromatic carbocycles. The molecule has 5 heteroatoms. The Hall–Kier alpha value is -2.17. The first kappa shape index (κ1) is 15.2. The number of pyridine rings is 1. The summed E-state index contributed by atoms with van der Waals surface area (Å²) in [6.45, 7) is 4.30. The van der Waals surface area contributed by atoms with E-state index in [1.807, 2.05) is 26.0 Å². The van der Waals surface area contributed by atoms with Crippen LogP contribution in [0.2, 0.25) is 0 Å². The summed E-state index contributed by atoms with van der Waals surface area (Å²) in [6.07, 6.45) is 4.30. The summed E-state index contributed by atoms with van der Waals surface area (Å²) in [7, 11) is 0. The lowest BCUT2D eigenvalue weighted by Gasteiger charge is -2.29. The number of rotatable bonds is 4. The predicted octanol–water partition coefficient (Wildman–Crippen LogP) is 2.15. The normalized spacial score (nSPS) is 22.0. The summed E-state index contributed by atoms with van der Waals surface area (Å²) in [5.74, 6) is -2.21. The van der Waals surface area contributed by atoms with E-state index < -0.39 is 17.8 Å². The molecule has 0 radical (unpaired) electrons. The van der Waals surface area contributed by atoms with E-state index in [4.69, 9.17) is 0 Å². The highest BCUT2D eigenvalue weighted by atomic mass is 16.4. The summed E-state index contributed by atoms with van der Waals surface area (Å²) in [5, 5.41) is 12.2. The van der Waals surface area contributed by atoms with Crippen molar-refractivity contribution in [3.05, 3.63) is 41.2 Å². The molecule has 0 saturated carbocycles. The van der Waals surface area contributed by atoms with Gasteiger partial charge in [0.15, 0.2) is 0 Å². The number of aliphatic carboxylic acids is 1. The van der Waals surface area contributed by atoms with Crippen LogP contribution in [-0.2, 0) is 16.1 Å². The second-order valence-corrected chi connectivity index (χ2v) is 5.59. The summed E-state index contributed by atoms with van der Waals surface area (Å²) in [6, 6.07) is 3.65. The Morgan fingerprint density at radius 1 is 1.19 bits per heavy atom. The van der Waals surface area contributed by atoms with Gasteiger partial charge in [-0.3, -0.25) is 14.6 Å². The standard InChI is InChI=1S/C16H20N2O3/c1-10-7-13(14(16(20)21)8-11(10)2)15(19)18-9-12-3-5-17-6-4-12/h3-6,13-14H,7-9H2,1-2H3,(H,18,19)(H,20,21)/t13-,14-/m0/s1. The first-order valence-corrected chi connectivity index (χ1v) is 7.03. The molecule has 0 bridgehead atoms. The van der Waals surface area contributed by atoms with Gasteiger partial charge in [0, 0.05) is 18.9 Å². The first-order chi connectivity index (χ1) is 9.99. The Balaban J connectivity index is 2.04. The molecule has 1 aromatic heterocycles. The van der Waals surface area contributed by atoms with Crippen LogP contribution in [-0.4, -0.2) is 22.0 Å². The Morgan fingerprint density at radius 3 is 2.33 bits per heavy atom. The van der Waals surface area contributed by atoms with Crippen molar-refractivity contribution in [1.29, 1.82) is 0 Å². The van der Waals surface area contributed by atoms with Crippen LogP contribution >= 0.6 is 0 Å².